The number of anilines is 1. The van der Waals surface area contributed by atoms with Gasteiger partial charge in [-0.3, -0.25) is 4.79 Å². The van der Waals surface area contributed by atoms with E-state index in [0.29, 0.717) is 13.2 Å². The summed E-state index contributed by atoms with van der Waals surface area (Å²) in [5, 5.41) is 2.63. The minimum Gasteiger partial charge on any atom is -0.379 e. The normalized spacial score (nSPS) is 15.7. The monoisotopic (exact) mass is 487 g/mol. The Morgan fingerprint density at radius 2 is 1.74 bits per heavy atom. The van der Waals surface area contributed by atoms with Gasteiger partial charge in [-0.2, -0.15) is 4.31 Å². The summed E-state index contributed by atoms with van der Waals surface area (Å²) in [5.41, 5.74) is 0.317. The fourth-order valence-electron chi connectivity index (χ4n) is 2.92. The summed E-state index contributed by atoms with van der Waals surface area (Å²) in [5.74, 6) is -0.590. The van der Waals surface area contributed by atoms with Crippen molar-refractivity contribution >= 4 is 43.2 Å². The standard InChI is InChI=1S/C19H22ClN3O6S2/c1-22(2)30(25,26)16-5-3-4-14(12-16)19(24)21-15-6-7-17(20)18(13-15)31(27,28)23-8-10-29-11-9-23/h3-7,12-13H,8-11H2,1-2H3,(H,21,24). The molecule has 0 aromatic heterocycles. The van der Waals surface area contributed by atoms with Gasteiger partial charge in [-0.25, -0.2) is 21.1 Å². The summed E-state index contributed by atoms with van der Waals surface area (Å²) in [6.07, 6.45) is 0. The summed E-state index contributed by atoms with van der Waals surface area (Å²) < 4.78 is 58.0. The summed E-state index contributed by atoms with van der Waals surface area (Å²) in [4.78, 5) is 12.5. The molecule has 168 valence electrons. The van der Waals surface area contributed by atoms with Crippen LogP contribution >= 0.6 is 11.6 Å². The molecule has 12 heteroatoms. The number of ether oxygens (including phenoxy) is 1. The molecule has 1 amide bonds. The number of benzene rings is 2. The van der Waals surface area contributed by atoms with Crippen LogP contribution in [0.2, 0.25) is 5.02 Å². The van der Waals surface area contributed by atoms with Crippen molar-refractivity contribution in [2.45, 2.75) is 9.79 Å². The maximum absolute atomic E-state index is 12.9. The molecule has 0 saturated carbocycles. The zero-order valence-electron chi connectivity index (χ0n) is 16.9. The van der Waals surface area contributed by atoms with Gasteiger partial charge in [0, 0.05) is 38.4 Å². The molecule has 1 aliphatic heterocycles. The molecule has 1 saturated heterocycles. The van der Waals surface area contributed by atoms with E-state index in [2.05, 4.69) is 5.32 Å². The van der Waals surface area contributed by atoms with Gasteiger partial charge in [-0.05, 0) is 36.4 Å². The van der Waals surface area contributed by atoms with Crippen molar-refractivity contribution < 1.29 is 26.4 Å². The van der Waals surface area contributed by atoms with Crippen LogP contribution in [0.5, 0.6) is 0 Å². The fraction of sp³-hybridized carbons (Fsp3) is 0.316. The van der Waals surface area contributed by atoms with E-state index in [0.717, 1.165) is 4.31 Å². The minimum absolute atomic E-state index is 0.0307. The van der Waals surface area contributed by atoms with E-state index in [1.807, 2.05) is 0 Å². The van der Waals surface area contributed by atoms with E-state index >= 15 is 0 Å². The summed E-state index contributed by atoms with van der Waals surface area (Å²) in [7, 11) is -4.78. The second kappa shape index (κ2) is 9.23. The number of rotatable bonds is 6. The first-order chi connectivity index (χ1) is 14.5. The highest BCUT2D eigenvalue weighted by molar-refractivity contribution is 7.89. The molecule has 2 aromatic rings. The molecule has 0 atom stereocenters. The zero-order chi connectivity index (χ0) is 22.8. The molecule has 1 N–H and O–H groups in total. The Hall–Kier alpha value is -2.02. The lowest BCUT2D eigenvalue weighted by molar-refractivity contribution is 0.0730. The number of nitrogens with one attached hydrogen (secondary N) is 1. The van der Waals surface area contributed by atoms with Crippen LogP contribution in [0.1, 0.15) is 10.4 Å². The number of sulfonamides is 2. The number of halogens is 1. The molecule has 0 aliphatic carbocycles. The van der Waals surface area contributed by atoms with Crippen molar-refractivity contribution in [1.82, 2.24) is 8.61 Å². The van der Waals surface area contributed by atoms with E-state index in [1.165, 1.54) is 60.9 Å². The highest BCUT2D eigenvalue weighted by atomic mass is 35.5. The molecule has 0 bridgehead atoms. The Balaban J connectivity index is 1.87. The third-order valence-electron chi connectivity index (χ3n) is 4.65. The van der Waals surface area contributed by atoms with Crippen LogP contribution < -0.4 is 5.32 Å². The van der Waals surface area contributed by atoms with Crippen molar-refractivity contribution in [3.63, 3.8) is 0 Å². The van der Waals surface area contributed by atoms with Crippen molar-refractivity contribution in [1.29, 1.82) is 0 Å². The van der Waals surface area contributed by atoms with Crippen molar-refractivity contribution in [2.75, 3.05) is 45.7 Å². The Morgan fingerprint density at radius 1 is 1.06 bits per heavy atom. The van der Waals surface area contributed by atoms with Gasteiger partial charge in [0.1, 0.15) is 4.90 Å². The van der Waals surface area contributed by atoms with Crippen LogP contribution in [0.15, 0.2) is 52.3 Å². The molecule has 1 heterocycles. The maximum atomic E-state index is 12.9. The van der Waals surface area contributed by atoms with Gasteiger partial charge in [0.25, 0.3) is 5.91 Å². The molecule has 1 fully saturated rings. The van der Waals surface area contributed by atoms with Crippen LogP contribution in [0.25, 0.3) is 0 Å². The van der Waals surface area contributed by atoms with E-state index in [9.17, 15) is 21.6 Å². The summed E-state index contributed by atoms with van der Waals surface area (Å²) in [6.45, 7) is 1.00. The molecule has 9 nitrogen and oxygen atoms in total. The second-order valence-electron chi connectivity index (χ2n) is 6.93. The summed E-state index contributed by atoms with van der Waals surface area (Å²) >= 11 is 6.13. The number of amides is 1. The van der Waals surface area contributed by atoms with Gasteiger partial charge < -0.3 is 10.1 Å². The number of hydrogen-bond acceptors (Lipinski definition) is 6. The maximum Gasteiger partial charge on any atom is 0.255 e. The zero-order valence-corrected chi connectivity index (χ0v) is 19.3. The van der Waals surface area contributed by atoms with Gasteiger partial charge in [-0.15, -0.1) is 0 Å². The van der Waals surface area contributed by atoms with E-state index in [4.69, 9.17) is 16.3 Å². The smallest absolute Gasteiger partial charge is 0.255 e. The van der Waals surface area contributed by atoms with E-state index in [-0.39, 0.29) is 39.2 Å². The number of hydrogen-bond donors (Lipinski definition) is 1. The van der Waals surface area contributed by atoms with Crippen LogP contribution in [-0.2, 0) is 24.8 Å². The van der Waals surface area contributed by atoms with Gasteiger partial charge in [0.15, 0.2) is 0 Å². The Labute approximate surface area is 186 Å². The van der Waals surface area contributed by atoms with E-state index < -0.39 is 26.0 Å². The predicted octanol–water partition coefficient (Wildman–Crippen LogP) is 1.86. The fourth-order valence-corrected chi connectivity index (χ4v) is 5.77. The van der Waals surface area contributed by atoms with Crippen LogP contribution in [0, 0.1) is 0 Å². The van der Waals surface area contributed by atoms with Gasteiger partial charge in [0.05, 0.1) is 23.1 Å². The molecule has 3 rings (SSSR count). The minimum atomic E-state index is -3.87. The summed E-state index contributed by atoms with van der Waals surface area (Å²) in [6, 6.07) is 9.71. The van der Waals surface area contributed by atoms with Gasteiger partial charge in [-0.1, -0.05) is 17.7 Å². The molecular formula is C19H22ClN3O6S2. The molecule has 0 unspecified atom stereocenters. The van der Waals surface area contributed by atoms with Crippen LogP contribution in [0.4, 0.5) is 5.69 Å². The lowest BCUT2D eigenvalue weighted by Crippen LogP contribution is -2.40. The number of carbonyl (C=O) groups is 1. The molecule has 1 aliphatic rings. The highest BCUT2D eigenvalue weighted by Gasteiger charge is 2.29. The quantitative estimate of drug-likeness (QED) is 0.665. The van der Waals surface area contributed by atoms with Gasteiger partial charge in [0.2, 0.25) is 20.0 Å². The largest absolute Gasteiger partial charge is 0.379 e. The Bertz CT molecular complexity index is 1190. The first-order valence-electron chi connectivity index (χ1n) is 9.25. The Morgan fingerprint density at radius 3 is 2.39 bits per heavy atom. The molecular weight excluding hydrogens is 466 g/mol. The topological polar surface area (TPSA) is 113 Å². The lowest BCUT2D eigenvalue weighted by atomic mass is 10.2. The SMILES string of the molecule is CN(C)S(=O)(=O)c1cccc(C(=O)Nc2ccc(Cl)c(S(=O)(=O)N3CCOCC3)c2)c1. The average Bonchev–Trinajstić information content (AvgIpc) is 2.75. The van der Waals surface area contributed by atoms with Crippen LogP contribution in [-0.4, -0.2) is 71.8 Å². The van der Waals surface area contributed by atoms with E-state index in [1.54, 1.807) is 0 Å². The van der Waals surface area contributed by atoms with Gasteiger partial charge >= 0.3 is 0 Å². The predicted molar refractivity (Wildman–Crippen MR) is 116 cm³/mol. The molecule has 31 heavy (non-hydrogen) atoms. The third kappa shape index (κ3) is 5.08. The first kappa shape index (κ1) is 23.6. The number of carbonyl (C=O) groups excluding carboxylic acids is 1. The third-order valence-corrected chi connectivity index (χ3v) is 8.84. The van der Waals surface area contributed by atoms with Crippen molar-refractivity contribution in [3.8, 4) is 0 Å². The van der Waals surface area contributed by atoms with Crippen LogP contribution in [0.3, 0.4) is 0 Å². The molecule has 0 radical (unpaired) electrons. The average molecular weight is 488 g/mol. The number of nitrogens with zero attached hydrogens (tertiary/aromatic N) is 2. The number of morpholine rings is 1. The second-order valence-corrected chi connectivity index (χ2v) is 11.4. The first-order valence-corrected chi connectivity index (χ1v) is 12.5. The Kier molecular flexibility index (Phi) is 7.04. The lowest BCUT2D eigenvalue weighted by Gasteiger charge is -2.26. The van der Waals surface area contributed by atoms with Crippen molar-refractivity contribution in [2.24, 2.45) is 0 Å². The van der Waals surface area contributed by atoms with Crippen molar-refractivity contribution in [3.05, 3.63) is 53.1 Å². The molecule has 0 spiro atoms. The highest BCUT2D eigenvalue weighted by Crippen LogP contribution is 2.28. The molecule has 2 aromatic carbocycles.